The molecular weight excluding hydrogens is 214 g/mol. The van der Waals surface area contributed by atoms with E-state index in [0.29, 0.717) is 0 Å². The number of carbonyl (C=O) groups is 1. The van der Waals surface area contributed by atoms with Crippen LogP contribution in [0.4, 0.5) is 5.69 Å². The fraction of sp³-hybridized carbons (Fsp3) is 0.385. The van der Waals surface area contributed by atoms with Crippen molar-refractivity contribution in [1.82, 2.24) is 5.32 Å². The topological polar surface area (TPSA) is 53.5 Å². The van der Waals surface area contributed by atoms with Gasteiger partial charge in [0, 0.05) is 24.7 Å². The maximum atomic E-state index is 10.9. The van der Waals surface area contributed by atoms with Gasteiger partial charge in [0.2, 0.25) is 5.91 Å². The number of amides is 1. The maximum absolute atomic E-state index is 10.9. The average molecular weight is 233 g/mol. The molecule has 1 heterocycles. The van der Waals surface area contributed by atoms with E-state index >= 15 is 0 Å². The SMILES string of the molecule is CC.CC(=O)Nc1cccc(C2=NCCN2)c1. The van der Waals surface area contributed by atoms with Gasteiger partial charge in [0.05, 0.1) is 6.54 Å². The molecule has 2 rings (SSSR count). The minimum Gasteiger partial charge on any atom is -0.368 e. The van der Waals surface area contributed by atoms with Gasteiger partial charge in [-0.1, -0.05) is 26.0 Å². The molecule has 0 bridgehead atoms. The van der Waals surface area contributed by atoms with E-state index < -0.39 is 0 Å². The first-order valence-electron chi connectivity index (χ1n) is 5.92. The molecule has 92 valence electrons. The Kier molecular flexibility index (Phi) is 5.20. The number of rotatable bonds is 2. The molecule has 0 aromatic heterocycles. The molecule has 17 heavy (non-hydrogen) atoms. The first kappa shape index (κ1) is 13.2. The number of hydrogen-bond acceptors (Lipinski definition) is 3. The van der Waals surface area contributed by atoms with Gasteiger partial charge in [0.25, 0.3) is 0 Å². The number of nitrogens with zero attached hydrogens (tertiary/aromatic N) is 1. The summed E-state index contributed by atoms with van der Waals surface area (Å²) >= 11 is 0. The van der Waals surface area contributed by atoms with Crippen molar-refractivity contribution in [3.63, 3.8) is 0 Å². The second-order valence-electron chi connectivity index (χ2n) is 3.42. The molecule has 1 aliphatic heterocycles. The van der Waals surface area contributed by atoms with Gasteiger partial charge in [-0.25, -0.2) is 0 Å². The van der Waals surface area contributed by atoms with Crippen LogP contribution in [0, 0.1) is 0 Å². The number of nitrogens with one attached hydrogen (secondary N) is 2. The Hall–Kier alpha value is -1.84. The zero-order valence-corrected chi connectivity index (χ0v) is 10.6. The Morgan fingerprint density at radius 2 is 2.18 bits per heavy atom. The van der Waals surface area contributed by atoms with Crippen molar-refractivity contribution in [2.45, 2.75) is 20.8 Å². The van der Waals surface area contributed by atoms with E-state index in [-0.39, 0.29) is 5.91 Å². The molecule has 0 fully saturated rings. The zero-order valence-electron chi connectivity index (χ0n) is 10.6. The fourth-order valence-corrected chi connectivity index (χ4v) is 1.54. The molecule has 4 heteroatoms. The quantitative estimate of drug-likeness (QED) is 0.821. The number of benzene rings is 1. The van der Waals surface area contributed by atoms with Crippen LogP contribution in [-0.2, 0) is 4.79 Å². The third kappa shape index (κ3) is 3.90. The predicted molar refractivity (Wildman–Crippen MR) is 71.5 cm³/mol. The van der Waals surface area contributed by atoms with E-state index in [9.17, 15) is 4.79 Å². The molecule has 0 radical (unpaired) electrons. The van der Waals surface area contributed by atoms with Gasteiger partial charge in [-0.2, -0.15) is 0 Å². The molecule has 2 N–H and O–H groups in total. The van der Waals surface area contributed by atoms with Crippen LogP contribution in [0.5, 0.6) is 0 Å². The second kappa shape index (κ2) is 6.68. The number of anilines is 1. The Labute approximate surface area is 102 Å². The van der Waals surface area contributed by atoms with Crippen LogP contribution >= 0.6 is 0 Å². The fourth-order valence-electron chi connectivity index (χ4n) is 1.54. The van der Waals surface area contributed by atoms with Crippen LogP contribution < -0.4 is 10.6 Å². The van der Waals surface area contributed by atoms with E-state index in [0.717, 1.165) is 30.2 Å². The largest absolute Gasteiger partial charge is 0.368 e. The van der Waals surface area contributed by atoms with E-state index in [1.54, 1.807) is 0 Å². The van der Waals surface area contributed by atoms with Gasteiger partial charge in [-0.15, -0.1) is 0 Å². The Balaban J connectivity index is 0.000000686. The normalized spacial score (nSPS) is 13.0. The summed E-state index contributed by atoms with van der Waals surface area (Å²) in [7, 11) is 0. The monoisotopic (exact) mass is 233 g/mol. The molecule has 1 aliphatic rings. The van der Waals surface area contributed by atoms with Gasteiger partial charge in [-0.05, 0) is 12.1 Å². The first-order valence-corrected chi connectivity index (χ1v) is 5.92. The summed E-state index contributed by atoms with van der Waals surface area (Å²) in [5.74, 6) is 0.843. The molecule has 0 aliphatic carbocycles. The molecule has 0 unspecified atom stereocenters. The molecule has 0 saturated heterocycles. The van der Waals surface area contributed by atoms with Crippen molar-refractivity contribution in [2.75, 3.05) is 18.4 Å². The summed E-state index contributed by atoms with van der Waals surface area (Å²) in [6, 6.07) is 7.66. The van der Waals surface area contributed by atoms with Crippen LogP contribution in [0.1, 0.15) is 26.3 Å². The molecule has 1 aromatic carbocycles. The van der Waals surface area contributed by atoms with E-state index in [1.807, 2.05) is 38.1 Å². The lowest BCUT2D eigenvalue weighted by molar-refractivity contribution is -0.114. The summed E-state index contributed by atoms with van der Waals surface area (Å²) in [5, 5.41) is 5.94. The molecule has 0 spiro atoms. The maximum Gasteiger partial charge on any atom is 0.221 e. The minimum atomic E-state index is -0.0616. The first-order chi connectivity index (χ1) is 8.25. The zero-order chi connectivity index (χ0) is 12.7. The Morgan fingerprint density at radius 1 is 1.41 bits per heavy atom. The highest BCUT2D eigenvalue weighted by Gasteiger charge is 2.08. The van der Waals surface area contributed by atoms with E-state index in [4.69, 9.17) is 0 Å². The van der Waals surface area contributed by atoms with Gasteiger partial charge >= 0.3 is 0 Å². The third-order valence-electron chi connectivity index (χ3n) is 2.13. The third-order valence-corrected chi connectivity index (χ3v) is 2.13. The van der Waals surface area contributed by atoms with Crippen LogP contribution in [0.2, 0.25) is 0 Å². The van der Waals surface area contributed by atoms with Crippen molar-refractivity contribution in [2.24, 2.45) is 4.99 Å². The summed E-state index contributed by atoms with van der Waals surface area (Å²) < 4.78 is 0. The minimum absolute atomic E-state index is 0.0616. The molecule has 0 saturated carbocycles. The molecular formula is C13H19N3O. The summed E-state index contributed by atoms with van der Waals surface area (Å²) in [4.78, 5) is 15.2. The van der Waals surface area contributed by atoms with E-state index in [2.05, 4.69) is 15.6 Å². The Bertz CT molecular complexity index is 413. The predicted octanol–water partition coefficient (Wildman–Crippen LogP) is 2.02. The van der Waals surface area contributed by atoms with Crippen LogP contribution in [-0.4, -0.2) is 24.8 Å². The van der Waals surface area contributed by atoms with E-state index in [1.165, 1.54) is 6.92 Å². The average Bonchev–Trinajstić information content (AvgIpc) is 2.85. The highest BCUT2D eigenvalue weighted by Crippen LogP contribution is 2.11. The smallest absolute Gasteiger partial charge is 0.221 e. The van der Waals surface area contributed by atoms with Gasteiger partial charge in [0.15, 0.2) is 0 Å². The van der Waals surface area contributed by atoms with Crippen molar-refractivity contribution in [3.05, 3.63) is 29.8 Å². The summed E-state index contributed by atoms with van der Waals surface area (Å²) in [5.41, 5.74) is 1.81. The van der Waals surface area contributed by atoms with Crippen molar-refractivity contribution in [1.29, 1.82) is 0 Å². The van der Waals surface area contributed by atoms with Crippen LogP contribution in [0.15, 0.2) is 29.3 Å². The highest BCUT2D eigenvalue weighted by molar-refractivity contribution is 6.01. The Morgan fingerprint density at radius 3 is 2.76 bits per heavy atom. The van der Waals surface area contributed by atoms with Gasteiger partial charge < -0.3 is 10.6 Å². The molecule has 1 aromatic rings. The van der Waals surface area contributed by atoms with Crippen molar-refractivity contribution in [3.8, 4) is 0 Å². The van der Waals surface area contributed by atoms with Gasteiger partial charge in [0.1, 0.15) is 5.84 Å². The second-order valence-corrected chi connectivity index (χ2v) is 3.42. The molecule has 1 amide bonds. The summed E-state index contributed by atoms with van der Waals surface area (Å²) in [6.07, 6.45) is 0. The standard InChI is InChI=1S/C11H13N3O.C2H6/c1-8(15)14-10-4-2-3-9(7-10)11-12-5-6-13-11;1-2/h2-4,7H,5-6H2,1H3,(H,12,13)(H,14,15);1-2H3. The number of amidine groups is 1. The number of hydrogen-bond donors (Lipinski definition) is 2. The van der Waals surface area contributed by atoms with Crippen molar-refractivity contribution >= 4 is 17.4 Å². The molecule has 0 atom stereocenters. The lowest BCUT2D eigenvalue weighted by atomic mass is 10.2. The highest BCUT2D eigenvalue weighted by atomic mass is 16.1. The molecule has 4 nitrogen and oxygen atoms in total. The lowest BCUT2D eigenvalue weighted by Crippen LogP contribution is -2.19. The lowest BCUT2D eigenvalue weighted by Gasteiger charge is -2.05. The summed E-state index contributed by atoms with van der Waals surface area (Å²) in [6.45, 7) is 7.21. The van der Waals surface area contributed by atoms with Gasteiger partial charge in [-0.3, -0.25) is 9.79 Å². The van der Waals surface area contributed by atoms with Crippen LogP contribution in [0.25, 0.3) is 0 Å². The number of carbonyl (C=O) groups excluding carboxylic acids is 1. The van der Waals surface area contributed by atoms with Crippen LogP contribution in [0.3, 0.4) is 0 Å². The van der Waals surface area contributed by atoms with Crippen molar-refractivity contribution < 1.29 is 4.79 Å². The number of aliphatic imine (C=N–C) groups is 1.